The van der Waals surface area contributed by atoms with Gasteiger partial charge in [0.05, 0.1) is 24.1 Å². The first-order chi connectivity index (χ1) is 12.4. The van der Waals surface area contributed by atoms with Crippen LogP contribution in [0.3, 0.4) is 0 Å². The number of amides is 1. The van der Waals surface area contributed by atoms with Gasteiger partial charge in [-0.1, -0.05) is 37.5 Å². The van der Waals surface area contributed by atoms with Crippen LogP contribution in [0.2, 0.25) is 0 Å². The number of benzene rings is 1. The largest absolute Gasteiger partial charge is 0.471 e. The van der Waals surface area contributed by atoms with E-state index >= 15 is 0 Å². The second kappa shape index (κ2) is 7.85. The fraction of sp³-hybridized carbons (Fsp3) is 0.421. The molecule has 0 bridgehead atoms. The molecule has 2 aromatic rings. The molecule has 138 valence electrons. The average molecular weight is 363 g/mol. The van der Waals surface area contributed by atoms with Gasteiger partial charge in [0, 0.05) is 17.8 Å². The molecule has 1 fully saturated rings. The van der Waals surface area contributed by atoms with E-state index in [1.165, 1.54) is 24.8 Å². The molecule has 0 N–H and O–H groups in total. The zero-order chi connectivity index (χ0) is 18.6. The summed E-state index contributed by atoms with van der Waals surface area (Å²) in [5.41, 5.74) is 1.38. The number of halogens is 3. The van der Waals surface area contributed by atoms with E-state index in [9.17, 15) is 18.0 Å². The molecule has 3 rings (SSSR count). The highest BCUT2D eigenvalue weighted by atomic mass is 19.4. The summed E-state index contributed by atoms with van der Waals surface area (Å²) < 4.78 is 38.9. The van der Waals surface area contributed by atoms with Crippen LogP contribution in [0.4, 0.5) is 18.9 Å². The average Bonchev–Trinajstić information content (AvgIpc) is 2.67. The number of carbonyl (C=O) groups is 1. The first-order valence-corrected chi connectivity index (χ1v) is 8.69. The molecular formula is C19H20F3N3O. The minimum absolute atomic E-state index is 0.174. The van der Waals surface area contributed by atoms with Gasteiger partial charge in [-0.15, -0.1) is 0 Å². The fourth-order valence-corrected chi connectivity index (χ4v) is 3.26. The van der Waals surface area contributed by atoms with Crippen molar-refractivity contribution in [3.8, 4) is 0 Å². The number of nitrogens with zero attached hydrogens (tertiary/aromatic N) is 3. The van der Waals surface area contributed by atoms with Gasteiger partial charge >= 0.3 is 12.1 Å². The van der Waals surface area contributed by atoms with Crippen molar-refractivity contribution in [2.75, 3.05) is 4.90 Å². The van der Waals surface area contributed by atoms with Gasteiger partial charge in [-0.3, -0.25) is 19.7 Å². The lowest BCUT2D eigenvalue weighted by molar-refractivity contribution is -0.170. The van der Waals surface area contributed by atoms with Crippen LogP contribution in [0, 0.1) is 0 Å². The number of rotatable bonds is 4. The maximum absolute atomic E-state index is 13.0. The Labute approximate surface area is 150 Å². The normalized spacial score (nSPS) is 15.7. The van der Waals surface area contributed by atoms with Gasteiger partial charge in [0.15, 0.2) is 0 Å². The van der Waals surface area contributed by atoms with Gasteiger partial charge in [-0.25, -0.2) is 0 Å². The van der Waals surface area contributed by atoms with Crippen molar-refractivity contribution in [3.05, 3.63) is 54.1 Å². The smallest absolute Gasteiger partial charge is 0.299 e. The summed E-state index contributed by atoms with van der Waals surface area (Å²) in [4.78, 5) is 21.2. The maximum Gasteiger partial charge on any atom is 0.471 e. The van der Waals surface area contributed by atoms with Crippen LogP contribution in [0.15, 0.2) is 42.7 Å². The monoisotopic (exact) mass is 363 g/mol. The van der Waals surface area contributed by atoms with E-state index in [-0.39, 0.29) is 12.2 Å². The number of hydrogen-bond donors (Lipinski definition) is 0. The summed E-state index contributed by atoms with van der Waals surface area (Å²) in [5, 5.41) is 0. The highest BCUT2D eigenvalue weighted by molar-refractivity contribution is 5.97. The molecule has 1 aromatic carbocycles. The Morgan fingerprint density at radius 1 is 1.04 bits per heavy atom. The molecule has 1 heterocycles. The summed E-state index contributed by atoms with van der Waals surface area (Å²) in [5.74, 6) is -1.55. The second-order valence-electron chi connectivity index (χ2n) is 6.49. The highest BCUT2D eigenvalue weighted by Crippen LogP contribution is 2.31. The molecule has 0 saturated heterocycles. The Kier molecular flexibility index (Phi) is 5.54. The van der Waals surface area contributed by atoms with Crippen LogP contribution in [0.1, 0.15) is 49.4 Å². The Hall–Kier alpha value is -2.44. The minimum atomic E-state index is -4.95. The summed E-state index contributed by atoms with van der Waals surface area (Å²) >= 11 is 0. The number of hydrogen-bond acceptors (Lipinski definition) is 3. The van der Waals surface area contributed by atoms with E-state index in [0.29, 0.717) is 16.5 Å². The molecule has 0 spiro atoms. The van der Waals surface area contributed by atoms with Crippen molar-refractivity contribution >= 4 is 11.6 Å². The van der Waals surface area contributed by atoms with Crippen LogP contribution in [0.25, 0.3) is 0 Å². The Morgan fingerprint density at radius 2 is 1.73 bits per heavy atom. The lowest BCUT2D eigenvalue weighted by Gasteiger charge is -2.24. The van der Waals surface area contributed by atoms with Crippen molar-refractivity contribution in [2.24, 2.45) is 0 Å². The van der Waals surface area contributed by atoms with Gasteiger partial charge in [-0.2, -0.15) is 13.2 Å². The third kappa shape index (κ3) is 4.39. The lowest BCUT2D eigenvalue weighted by Crippen LogP contribution is -2.41. The number of alkyl halides is 3. The van der Waals surface area contributed by atoms with Crippen LogP contribution >= 0.6 is 0 Å². The van der Waals surface area contributed by atoms with E-state index in [1.807, 2.05) is 0 Å². The molecule has 0 radical (unpaired) electrons. The van der Waals surface area contributed by atoms with Crippen LogP contribution in [0.5, 0.6) is 0 Å². The lowest BCUT2D eigenvalue weighted by atomic mass is 9.87. The third-order valence-corrected chi connectivity index (χ3v) is 4.62. The number of aromatic nitrogens is 2. The number of carbonyl (C=O) groups excluding carboxylic acids is 1. The fourth-order valence-electron chi connectivity index (χ4n) is 3.26. The van der Waals surface area contributed by atoms with Gasteiger partial charge < -0.3 is 0 Å². The molecule has 1 aliphatic carbocycles. The third-order valence-electron chi connectivity index (χ3n) is 4.62. The van der Waals surface area contributed by atoms with Gasteiger partial charge in [-0.05, 0) is 25.0 Å². The number of para-hydroxylation sites is 1. The summed E-state index contributed by atoms with van der Waals surface area (Å²) in [6.07, 6.45) is 3.84. The zero-order valence-corrected chi connectivity index (χ0v) is 14.2. The van der Waals surface area contributed by atoms with Crippen LogP contribution in [-0.4, -0.2) is 22.1 Å². The maximum atomic E-state index is 13.0. The van der Waals surface area contributed by atoms with Gasteiger partial charge in [0.25, 0.3) is 0 Å². The molecule has 7 heteroatoms. The summed E-state index contributed by atoms with van der Waals surface area (Å²) in [7, 11) is 0. The quantitative estimate of drug-likeness (QED) is 0.796. The molecular weight excluding hydrogens is 343 g/mol. The standard InChI is InChI=1S/C19H20F3N3O/c20-19(21,22)18(26)25(16-9-5-2-6-10-16)13-15-11-24-17(12-23-15)14-7-3-1-4-8-14/h2,5-6,9-12,14H,1,3-4,7-8,13H2. The predicted octanol–water partition coefficient (Wildman–Crippen LogP) is 4.62. The first-order valence-electron chi connectivity index (χ1n) is 8.69. The van der Waals surface area contributed by atoms with E-state index in [4.69, 9.17) is 0 Å². The van der Waals surface area contributed by atoms with Crippen molar-refractivity contribution in [2.45, 2.75) is 50.7 Å². The van der Waals surface area contributed by atoms with E-state index in [1.54, 1.807) is 24.4 Å². The van der Waals surface area contributed by atoms with Crippen molar-refractivity contribution in [1.29, 1.82) is 0 Å². The highest BCUT2D eigenvalue weighted by Gasteiger charge is 2.43. The predicted molar refractivity (Wildman–Crippen MR) is 91.5 cm³/mol. The molecule has 1 amide bonds. The second-order valence-corrected chi connectivity index (χ2v) is 6.49. The molecule has 26 heavy (non-hydrogen) atoms. The molecule has 0 aliphatic heterocycles. The van der Waals surface area contributed by atoms with E-state index in [2.05, 4.69) is 9.97 Å². The molecule has 1 aliphatic rings. The van der Waals surface area contributed by atoms with Crippen molar-refractivity contribution in [1.82, 2.24) is 9.97 Å². The van der Waals surface area contributed by atoms with Gasteiger partial charge in [0.1, 0.15) is 0 Å². The Balaban J connectivity index is 1.79. The molecule has 1 aromatic heterocycles. The van der Waals surface area contributed by atoms with Crippen LogP contribution < -0.4 is 4.90 Å². The summed E-state index contributed by atoms with van der Waals surface area (Å²) in [6, 6.07) is 7.78. The molecule has 4 nitrogen and oxygen atoms in total. The zero-order valence-electron chi connectivity index (χ0n) is 14.2. The van der Waals surface area contributed by atoms with E-state index < -0.39 is 12.1 Å². The number of anilines is 1. The van der Waals surface area contributed by atoms with Crippen molar-refractivity contribution < 1.29 is 18.0 Å². The van der Waals surface area contributed by atoms with E-state index in [0.717, 1.165) is 31.4 Å². The molecule has 0 unspecified atom stereocenters. The SMILES string of the molecule is O=C(N(Cc1cnc(C2CCCCC2)cn1)c1ccccc1)C(F)(F)F. The van der Waals surface area contributed by atoms with Crippen LogP contribution in [-0.2, 0) is 11.3 Å². The minimum Gasteiger partial charge on any atom is -0.299 e. The Morgan fingerprint density at radius 3 is 2.31 bits per heavy atom. The molecule has 0 atom stereocenters. The molecule has 1 saturated carbocycles. The van der Waals surface area contributed by atoms with Gasteiger partial charge in [0.2, 0.25) is 0 Å². The Bertz CT molecular complexity index is 726. The van der Waals surface area contributed by atoms with Crippen molar-refractivity contribution in [3.63, 3.8) is 0 Å². The topological polar surface area (TPSA) is 46.1 Å². The first kappa shape index (κ1) is 18.4. The summed E-state index contributed by atoms with van der Waals surface area (Å²) in [6.45, 7) is -0.277.